The van der Waals surface area contributed by atoms with Crippen molar-refractivity contribution in [2.75, 3.05) is 0 Å². The van der Waals surface area contributed by atoms with E-state index in [-0.39, 0.29) is 6.04 Å². The Hall–Kier alpha value is -1.13. The minimum atomic E-state index is -0.666. The van der Waals surface area contributed by atoms with Crippen molar-refractivity contribution < 1.29 is 5.11 Å². The molecule has 1 N–H and O–H groups in total. The van der Waals surface area contributed by atoms with E-state index < -0.39 is 6.10 Å². The van der Waals surface area contributed by atoms with E-state index in [1.54, 1.807) is 6.20 Å². The van der Waals surface area contributed by atoms with Crippen LogP contribution in [-0.4, -0.2) is 14.9 Å². The van der Waals surface area contributed by atoms with Crippen molar-refractivity contribution >= 4 is 15.9 Å². The summed E-state index contributed by atoms with van der Waals surface area (Å²) in [6, 6.07) is 6.26. The van der Waals surface area contributed by atoms with Crippen LogP contribution in [0, 0.1) is 13.8 Å². The Morgan fingerprint density at radius 3 is 2.32 bits per heavy atom. The first kappa shape index (κ1) is 14.3. The fraction of sp³-hybridized carbons (Fsp3) is 0.400. The van der Waals surface area contributed by atoms with Gasteiger partial charge in [0.1, 0.15) is 6.10 Å². The summed E-state index contributed by atoms with van der Waals surface area (Å²) in [5.74, 6) is 0. The molecule has 0 aliphatic rings. The molecule has 1 aromatic carbocycles. The summed E-state index contributed by atoms with van der Waals surface area (Å²) in [7, 11) is 0. The average molecular weight is 323 g/mol. The summed E-state index contributed by atoms with van der Waals surface area (Å²) in [6.45, 7) is 8.16. The van der Waals surface area contributed by atoms with Gasteiger partial charge in [0.05, 0.1) is 16.4 Å². The zero-order valence-corrected chi connectivity index (χ0v) is 13.3. The lowest BCUT2D eigenvalue weighted by Crippen LogP contribution is -2.14. The maximum absolute atomic E-state index is 10.8. The van der Waals surface area contributed by atoms with Crippen LogP contribution in [0.2, 0.25) is 0 Å². The van der Waals surface area contributed by atoms with Gasteiger partial charge in [0, 0.05) is 6.04 Å². The number of hydrogen-bond acceptors (Lipinski definition) is 2. The normalized spacial score (nSPS) is 13.0. The molecule has 1 aromatic heterocycles. The molecule has 1 atom stereocenters. The molecule has 0 amide bonds. The van der Waals surface area contributed by atoms with Gasteiger partial charge >= 0.3 is 0 Å². The second-order valence-corrected chi connectivity index (χ2v) is 5.98. The molecule has 0 saturated heterocycles. The molecular weight excluding hydrogens is 304 g/mol. The van der Waals surface area contributed by atoms with Crippen molar-refractivity contribution in [2.45, 2.75) is 39.8 Å². The molecule has 102 valence electrons. The van der Waals surface area contributed by atoms with Gasteiger partial charge in [-0.1, -0.05) is 18.2 Å². The molecule has 1 unspecified atom stereocenters. The summed E-state index contributed by atoms with van der Waals surface area (Å²) in [6.07, 6.45) is 1.08. The van der Waals surface area contributed by atoms with Gasteiger partial charge in [0.25, 0.3) is 0 Å². The molecule has 4 heteroatoms. The Balaban J connectivity index is 2.56. The number of aryl methyl sites for hydroxylation is 2. The molecule has 0 bridgehead atoms. The Kier molecular flexibility index (Phi) is 4.11. The van der Waals surface area contributed by atoms with Crippen LogP contribution in [0.4, 0.5) is 0 Å². The number of aliphatic hydroxyl groups is 1. The first-order chi connectivity index (χ1) is 8.93. The standard InChI is InChI=1S/C15H19BrN2O/c1-9(2)18-14(12(16)8-17-18)15(19)13-10(3)6-5-7-11(13)4/h5-9,15,19H,1-4H3. The molecule has 3 nitrogen and oxygen atoms in total. The maximum atomic E-state index is 10.8. The predicted octanol–water partition coefficient (Wildman–Crippen LogP) is 3.93. The van der Waals surface area contributed by atoms with E-state index in [0.29, 0.717) is 0 Å². The summed E-state index contributed by atoms with van der Waals surface area (Å²) >= 11 is 3.49. The lowest BCUT2D eigenvalue weighted by atomic mass is 9.96. The van der Waals surface area contributed by atoms with Crippen molar-refractivity contribution in [3.05, 3.63) is 51.3 Å². The topological polar surface area (TPSA) is 38.1 Å². The summed E-state index contributed by atoms with van der Waals surface area (Å²) in [5, 5.41) is 15.1. The maximum Gasteiger partial charge on any atom is 0.122 e. The highest BCUT2D eigenvalue weighted by molar-refractivity contribution is 9.10. The summed E-state index contributed by atoms with van der Waals surface area (Å²) < 4.78 is 2.71. The number of halogens is 1. The number of benzene rings is 1. The highest BCUT2D eigenvalue weighted by atomic mass is 79.9. The van der Waals surface area contributed by atoms with Crippen LogP contribution in [0.1, 0.15) is 48.4 Å². The van der Waals surface area contributed by atoms with Crippen molar-refractivity contribution in [1.82, 2.24) is 9.78 Å². The van der Waals surface area contributed by atoms with Crippen molar-refractivity contribution in [3.63, 3.8) is 0 Å². The molecule has 0 aliphatic heterocycles. The zero-order chi connectivity index (χ0) is 14.2. The Labute approximate surface area is 122 Å². The van der Waals surface area contributed by atoms with Crippen LogP contribution < -0.4 is 0 Å². The van der Waals surface area contributed by atoms with Crippen LogP contribution in [-0.2, 0) is 0 Å². The van der Waals surface area contributed by atoms with E-state index in [4.69, 9.17) is 0 Å². The fourth-order valence-electron chi connectivity index (χ4n) is 2.41. The summed E-state index contributed by atoms with van der Waals surface area (Å²) in [5.41, 5.74) is 3.96. The SMILES string of the molecule is Cc1cccc(C)c1C(O)c1c(Br)cnn1C(C)C. The van der Waals surface area contributed by atoms with E-state index in [2.05, 4.69) is 34.9 Å². The number of hydrogen-bond donors (Lipinski definition) is 1. The Morgan fingerprint density at radius 2 is 1.79 bits per heavy atom. The molecule has 2 aromatic rings. The average Bonchev–Trinajstić information content (AvgIpc) is 2.70. The third kappa shape index (κ3) is 2.60. The van der Waals surface area contributed by atoms with E-state index in [1.807, 2.05) is 36.7 Å². The van der Waals surface area contributed by atoms with Gasteiger partial charge in [-0.2, -0.15) is 5.10 Å². The number of aliphatic hydroxyl groups excluding tert-OH is 1. The predicted molar refractivity (Wildman–Crippen MR) is 80.3 cm³/mol. The van der Waals surface area contributed by atoms with Crippen LogP contribution in [0.3, 0.4) is 0 Å². The van der Waals surface area contributed by atoms with Gasteiger partial charge in [-0.05, 0) is 60.3 Å². The zero-order valence-electron chi connectivity index (χ0n) is 11.7. The van der Waals surface area contributed by atoms with E-state index in [9.17, 15) is 5.11 Å². The van der Waals surface area contributed by atoms with Gasteiger partial charge in [-0.3, -0.25) is 4.68 Å². The third-order valence-electron chi connectivity index (χ3n) is 3.35. The van der Waals surface area contributed by atoms with Crippen LogP contribution in [0.25, 0.3) is 0 Å². The first-order valence-electron chi connectivity index (χ1n) is 6.40. The number of nitrogens with zero attached hydrogens (tertiary/aromatic N) is 2. The highest BCUT2D eigenvalue weighted by Crippen LogP contribution is 2.33. The molecule has 0 aliphatic carbocycles. The minimum Gasteiger partial charge on any atom is -0.382 e. The Morgan fingerprint density at radius 1 is 1.21 bits per heavy atom. The van der Waals surface area contributed by atoms with Gasteiger partial charge in [-0.15, -0.1) is 0 Å². The fourth-order valence-corrected chi connectivity index (χ4v) is 2.90. The largest absolute Gasteiger partial charge is 0.382 e. The van der Waals surface area contributed by atoms with E-state index in [1.165, 1.54) is 0 Å². The molecule has 1 heterocycles. The highest BCUT2D eigenvalue weighted by Gasteiger charge is 2.23. The van der Waals surface area contributed by atoms with Crippen molar-refractivity contribution in [1.29, 1.82) is 0 Å². The molecule has 19 heavy (non-hydrogen) atoms. The minimum absolute atomic E-state index is 0.209. The van der Waals surface area contributed by atoms with Crippen molar-refractivity contribution in [2.24, 2.45) is 0 Å². The van der Waals surface area contributed by atoms with Crippen LogP contribution in [0.5, 0.6) is 0 Å². The lowest BCUT2D eigenvalue weighted by molar-refractivity contribution is 0.202. The van der Waals surface area contributed by atoms with Crippen LogP contribution in [0.15, 0.2) is 28.9 Å². The molecule has 0 saturated carbocycles. The van der Waals surface area contributed by atoms with Crippen LogP contribution >= 0.6 is 15.9 Å². The molecule has 0 fully saturated rings. The quantitative estimate of drug-likeness (QED) is 0.929. The first-order valence-corrected chi connectivity index (χ1v) is 7.19. The van der Waals surface area contributed by atoms with Crippen molar-refractivity contribution in [3.8, 4) is 0 Å². The van der Waals surface area contributed by atoms with Gasteiger partial charge in [0.15, 0.2) is 0 Å². The molecule has 0 spiro atoms. The lowest BCUT2D eigenvalue weighted by Gasteiger charge is -2.20. The van der Waals surface area contributed by atoms with E-state index >= 15 is 0 Å². The van der Waals surface area contributed by atoms with E-state index in [0.717, 1.165) is 26.9 Å². The smallest absolute Gasteiger partial charge is 0.122 e. The Bertz CT molecular complexity index is 570. The van der Waals surface area contributed by atoms with Gasteiger partial charge in [0.2, 0.25) is 0 Å². The molecule has 0 radical (unpaired) electrons. The van der Waals surface area contributed by atoms with Gasteiger partial charge in [-0.25, -0.2) is 0 Å². The second kappa shape index (κ2) is 5.47. The summed E-state index contributed by atoms with van der Waals surface area (Å²) in [4.78, 5) is 0. The molecular formula is C15H19BrN2O. The number of rotatable bonds is 3. The monoisotopic (exact) mass is 322 g/mol. The third-order valence-corrected chi connectivity index (χ3v) is 3.96. The molecule has 2 rings (SSSR count). The van der Waals surface area contributed by atoms with Gasteiger partial charge < -0.3 is 5.11 Å². The second-order valence-electron chi connectivity index (χ2n) is 5.12. The number of aromatic nitrogens is 2.